The maximum Gasteiger partial charge on any atom is 0.201 e. The summed E-state index contributed by atoms with van der Waals surface area (Å²) in [4.78, 5) is 14.5. The van der Waals surface area contributed by atoms with Gasteiger partial charge in [0.25, 0.3) is 0 Å². The number of benzene rings is 3. The number of para-hydroxylation sites is 1. The van der Waals surface area contributed by atoms with Crippen molar-refractivity contribution in [1.29, 1.82) is 0 Å². The fourth-order valence-corrected chi connectivity index (χ4v) is 4.78. The Kier molecular flexibility index (Phi) is 5.49. The fourth-order valence-electron chi connectivity index (χ4n) is 3.28. The lowest BCUT2D eigenvalue weighted by Gasteiger charge is -2.12. The van der Waals surface area contributed by atoms with Crippen LogP contribution in [0.15, 0.2) is 85.7 Å². The zero-order chi connectivity index (χ0) is 21.5. The molecule has 0 aliphatic carbocycles. The minimum absolute atomic E-state index is 0.174. The van der Waals surface area contributed by atoms with Gasteiger partial charge in [0.2, 0.25) is 5.43 Å². The molecule has 4 aromatic rings. The summed E-state index contributed by atoms with van der Waals surface area (Å²) in [6.45, 7) is 0. The number of hydrogen-bond acceptors (Lipinski definition) is 5. The minimum Gasteiger partial charge on any atom is -0.455 e. The van der Waals surface area contributed by atoms with Crippen LogP contribution in [0.1, 0.15) is 0 Å². The van der Waals surface area contributed by atoms with Crippen LogP contribution in [0.25, 0.3) is 33.4 Å². The lowest BCUT2D eigenvalue weighted by Crippen LogP contribution is -2.07. The molecule has 7 heteroatoms. The Bertz CT molecular complexity index is 1420. The van der Waals surface area contributed by atoms with Gasteiger partial charge in [-0.25, -0.2) is 8.42 Å². The number of sulfone groups is 1. The summed E-state index contributed by atoms with van der Waals surface area (Å²) in [6.07, 6.45) is 3.08. The second-order valence-electron chi connectivity index (χ2n) is 6.78. The first-order valence-electron chi connectivity index (χ1n) is 9.00. The molecule has 0 N–H and O–H groups in total. The molecule has 0 fully saturated rings. The summed E-state index contributed by atoms with van der Waals surface area (Å²) in [5.41, 5.74) is 1.91. The van der Waals surface area contributed by atoms with Gasteiger partial charge in [-0.2, -0.15) is 0 Å². The first-order valence-corrected chi connectivity index (χ1v) is 12.5. The van der Waals surface area contributed by atoms with Crippen LogP contribution in [0.5, 0.6) is 0 Å². The molecule has 0 spiro atoms. The lowest BCUT2D eigenvalue weighted by molar-refractivity contribution is 0.601. The summed E-state index contributed by atoms with van der Waals surface area (Å²) >= 11 is 7.92. The largest absolute Gasteiger partial charge is 0.455 e. The number of rotatable bonds is 4. The number of fused-ring (bicyclic) bond motifs is 1. The van der Waals surface area contributed by atoms with Gasteiger partial charge < -0.3 is 4.42 Å². The third-order valence-electron chi connectivity index (χ3n) is 4.78. The topological polar surface area (TPSA) is 64.3 Å². The van der Waals surface area contributed by atoms with Crippen molar-refractivity contribution in [2.24, 2.45) is 0 Å². The van der Waals surface area contributed by atoms with E-state index < -0.39 is 9.84 Å². The molecular weight excluding hydrogens is 440 g/mol. The van der Waals surface area contributed by atoms with E-state index in [1.807, 2.05) is 18.4 Å². The van der Waals surface area contributed by atoms with Gasteiger partial charge in [0.15, 0.2) is 9.84 Å². The molecule has 0 atom stereocenters. The van der Waals surface area contributed by atoms with Crippen LogP contribution in [0.2, 0.25) is 5.02 Å². The van der Waals surface area contributed by atoms with Gasteiger partial charge in [0, 0.05) is 16.7 Å². The zero-order valence-electron chi connectivity index (χ0n) is 16.2. The molecular formula is C23H17ClO4S2. The van der Waals surface area contributed by atoms with Crippen LogP contribution in [-0.4, -0.2) is 20.9 Å². The molecule has 1 aromatic heterocycles. The van der Waals surface area contributed by atoms with Gasteiger partial charge in [0.1, 0.15) is 11.3 Å². The Morgan fingerprint density at radius 1 is 0.933 bits per heavy atom. The van der Waals surface area contributed by atoms with Crippen molar-refractivity contribution in [2.45, 2.75) is 9.79 Å². The fraction of sp³-hybridized carbons (Fsp3) is 0.0870. The maximum atomic E-state index is 13.4. The van der Waals surface area contributed by atoms with E-state index in [0.717, 1.165) is 11.2 Å². The van der Waals surface area contributed by atoms with Crippen molar-refractivity contribution in [1.82, 2.24) is 0 Å². The van der Waals surface area contributed by atoms with Gasteiger partial charge >= 0.3 is 0 Å². The summed E-state index contributed by atoms with van der Waals surface area (Å²) < 4.78 is 29.8. The summed E-state index contributed by atoms with van der Waals surface area (Å²) in [5.74, 6) is 0.367. The quantitative estimate of drug-likeness (QED) is 0.357. The van der Waals surface area contributed by atoms with Gasteiger partial charge in [-0.3, -0.25) is 4.79 Å². The van der Waals surface area contributed by atoms with E-state index in [1.54, 1.807) is 42.5 Å². The van der Waals surface area contributed by atoms with Crippen LogP contribution in [0.3, 0.4) is 0 Å². The molecule has 0 saturated carbocycles. The summed E-state index contributed by atoms with van der Waals surface area (Å²) in [6, 6.07) is 18.8. The van der Waals surface area contributed by atoms with Gasteiger partial charge in [-0.05, 0) is 60.4 Å². The number of thioether (sulfide) groups is 1. The van der Waals surface area contributed by atoms with Crippen LogP contribution < -0.4 is 5.43 Å². The smallest absolute Gasteiger partial charge is 0.201 e. The van der Waals surface area contributed by atoms with Gasteiger partial charge in [-0.1, -0.05) is 29.8 Å². The maximum absolute atomic E-state index is 13.4. The molecule has 0 radical (unpaired) electrons. The molecule has 1 heterocycles. The molecule has 4 nitrogen and oxygen atoms in total. The Morgan fingerprint density at radius 3 is 2.23 bits per heavy atom. The Labute approximate surface area is 183 Å². The van der Waals surface area contributed by atoms with Crippen molar-refractivity contribution in [3.63, 3.8) is 0 Å². The van der Waals surface area contributed by atoms with Crippen molar-refractivity contribution in [2.75, 3.05) is 12.5 Å². The summed E-state index contributed by atoms with van der Waals surface area (Å²) in [7, 11) is -3.33. The average Bonchev–Trinajstić information content (AvgIpc) is 2.73. The minimum atomic E-state index is -3.33. The Morgan fingerprint density at radius 2 is 1.60 bits per heavy atom. The average molecular weight is 457 g/mol. The predicted molar refractivity (Wildman–Crippen MR) is 123 cm³/mol. The third-order valence-corrected chi connectivity index (χ3v) is 7.13. The predicted octanol–water partition coefficient (Wildman–Crippen LogP) is 5.91. The summed E-state index contributed by atoms with van der Waals surface area (Å²) in [5, 5.41) is 1.01. The highest BCUT2D eigenvalue weighted by atomic mass is 35.5. The van der Waals surface area contributed by atoms with Crippen LogP contribution in [0, 0.1) is 0 Å². The van der Waals surface area contributed by atoms with Crippen LogP contribution in [0.4, 0.5) is 0 Å². The molecule has 0 saturated heterocycles. The monoisotopic (exact) mass is 456 g/mol. The molecule has 3 aromatic carbocycles. The van der Waals surface area contributed by atoms with Crippen LogP contribution >= 0.6 is 23.4 Å². The van der Waals surface area contributed by atoms with E-state index in [2.05, 4.69) is 0 Å². The van der Waals surface area contributed by atoms with E-state index in [0.29, 0.717) is 38.4 Å². The highest BCUT2D eigenvalue weighted by Gasteiger charge is 2.19. The van der Waals surface area contributed by atoms with E-state index >= 15 is 0 Å². The third kappa shape index (κ3) is 3.78. The molecule has 0 aliphatic rings. The van der Waals surface area contributed by atoms with Gasteiger partial charge in [0.05, 0.1) is 20.9 Å². The first-order chi connectivity index (χ1) is 14.3. The number of hydrogen-bond donors (Lipinski definition) is 0. The van der Waals surface area contributed by atoms with E-state index in [4.69, 9.17) is 16.0 Å². The lowest BCUT2D eigenvalue weighted by atomic mass is 9.98. The van der Waals surface area contributed by atoms with Crippen LogP contribution in [-0.2, 0) is 9.84 Å². The normalized spacial score (nSPS) is 11.7. The second kappa shape index (κ2) is 7.95. The first kappa shape index (κ1) is 20.7. The molecule has 30 heavy (non-hydrogen) atoms. The molecule has 0 aliphatic heterocycles. The zero-order valence-corrected chi connectivity index (χ0v) is 18.6. The second-order valence-corrected chi connectivity index (χ2v) is 10.0. The molecule has 152 valence electrons. The van der Waals surface area contributed by atoms with E-state index in [9.17, 15) is 13.2 Å². The molecule has 4 rings (SSSR count). The molecule has 0 amide bonds. The van der Waals surface area contributed by atoms with Crippen molar-refractivity contribution in [3.8, 4) is 22.5 Å². The van der Waals surface area contributed by atoms with Crippen molar-refractivity contribution in [3.05, 3.63) is 82.0 Å². The molecule has 0 unspecified atom stereocenters. The van der Waals surface area contributed by atoms with Crippen molar-refractivity contribution >= 4 is 44.2 Å². The SMILES string of the molecule is CSc1ccc(-c2c(-c3ccc(S(C)(=O)=O)cc3)oc3ccccc3c2=O)cc1Cl. The Balaban J connectivity index is 2.02. The van der Waals surface area contributed by atoms with Gasteiger partial charge in [-0.15, -0.1) is 11.8 Å². The standard InChI is InChI=1S/C23H17ClO4S2/c1-29-20-12-9-15(13-18(20)24)21-22(25)17-5-3-4-6-19(17)28-23(21)14-7-10-16(11-8-14)30(2,26)27/h3-13H,1-2H3. The molecule has 0 bridgehead atoms. The van der Waals surface area contributed by atoms with E-state index in [-0.39, 0.29) is 10.3 Å². The van der Waals surface area contributed by atoms with Crippen molar-refractivity contribution < 1.29 is 12.8 Å². The Hall–Kier alpha value is -2.54. The van der Waals surface area contributed by atoms with E-state index in [1.165, 1.54) is 23.9 Å². The highest BCUT2D eigenvalue weighted by molar-refractivity contribution is 7.98. The highest BCUT2D eigenvalue weighted by Crippen LogP contribution is 2.36. The number of halogens is 1.